The highest BCUT2D eigenvalue weighted by Crippen LogP contribution is 2.22. The molecule has 0 saturated heterocycles. The zero-order valence-electron chi connectivity index (χ0n) is 14.3. The van der Waals surface area contributed by atoms with Gasteiger partial charge in [0, 0.05) is 6.54 Å². The fourth-order valence-electron chi connectivity index (χ4n) is 2.36. The van der Waals surface area contributed by atoms with Crippen LogP contribution in [0.1, 0.15) is 5.56 Å². The lowest BCUT2D eigenvalue weighted by molar-refractivity contribution is -0.116. The molecule has 0 spiro atoms. The quantitative estimate of drug-likeness (QED) is 0.781. The molecule has 0 unspecified atom stereocenters. The maximum absolute atomic E-state index is 12.3. The number of carbonyl (C=O) groups excluding carboxylic acids is 1. The van der Waals surface area contributed by atoms with Gasteiger partial charge in [-0.05, 0) is 24.1 Å². The molecule has 0 fully saturated rings. The molecule has 1 amide bonds. The molecule has 2 aromatic rings. The molecule has 0 aliphatic rings. The van der Waals surface area contributed by atoms with Gasteiger partial charge < -0.3 is 10.1 Å². The van der Waals surface area contributed by atoms with Crippen LogP contribution in [-0.2, 0) is 21.2 Å². The van der Waals surface area contributed by atoms with Crippen LogP contribution in [0.5, 0.6) is 5.75 Å². The number of hydrogen-bond acceptors (Lipinski definition) is 4. The Bertz CT molecular complexity index is 807. The summed E-state index contributed by atoms with van der Waals surface area (Å²) in [4.78, 5) is 12.3. The summed E-state index contributed by atoms with van der Waals surface area (Å²) in [6.45, 7) is -0.00803. The minimum atomic E-state index is -3.50. The van der Waals surface area contributed by atoms with Gasteiger partial charge in [-0.15, -0.1) is 0 Å². The van der Waals surface area contributed by atoms with Crippen LogP contribution in [0.3, 0.4) is 0 Å². The smallest absolute Gasteiger partial charge is 0.239 e. The van der Waals surface area contributed by atoms with Crippen molar-refractivity contribution in [3.05, 3.63) is 60.2 Å². The molecule has 0 aliphatic heterocycles. The summed E-state index contributed by atoms with van der Waals surface area (Å²) in [6.07, 6.45) is 1.64. The molecule has 0 heterocycles. The number of anilines is 1. The van der Waals surface area contributed by atoms with Crippen LogP contribution < -0.4 is 10.1 Å². The Morgan fingerprint density at radius 2 is 1.72 bits per heavy atom. The minimum absolute atomic E-state index is 0.238. The van der Waals surface area contributed by atoms with E-state index in [9.17, 15) is 13.2 Å². The Morgan fingerprint density at radius 1 is 1.08 bits per heavy atom. The van der Waals surface area contributed by atoms with E-state index in [2.05, 4.69) is 5.32 Å². The number of para-hydroxylation sites is 2. The maximum atomic E-state index is 12.3. The lowest BCUT2D eigenvalue weighted by Gasteiger charge is -2.20. The zero-order chi connectivity index (χ0) is 18.3. The van der Waals surface area contributed by atoms with Crippen LogP contribution in [0.2, 0.25) is 0 Å². The number of hydrogen-bond donors (Lipinski definition) is 1. The second kappa shape index (κ2) is 8.64. The summed E-state index contributed by atoms with van der Waals surface area (Å²) in [5.74, 6) is 0.106. The molecule has 1 N–H and O–H groups in total. The molecule has 2 aromatic carbocycles. The Hall–Kier alpha value is -2.38. The SMILES string of the molecule is COc1ccccc1NC(=O)CN(CCc1ccccc1)S(C)(=O)=O. The van der Waals surface area contributed by atoms with Crippen molar-refractivity contribution in [2.45, 2.75) is 6.42 Å². The van der Waals surface area contributed by atoms with Gasteiger partial charge in [0.25, 0.3) is 0 Å². The van der Waals surface area contributed by atoms with Gasteiger partial charge in [0.15, 0.2) is 0 Å². The summed E-state index contributed by atoms with van der Waals surface area (Å²) in [5, 5.41) is 2.69. The maximum Gasteiger partial charge on any atom is 0.239 e. The molecule has 0 aliphatic carbocycles. The first kappa shape index (κ1) is 19.0. The first-order valence-electron chi connectivity index (χ1n) is 7.82. The molecule has 0 saturated carbocycles. The van der Waals surface area contributed by atoms with Crippen molar-refractivity contribution in [1.82, 2.24) is 4.31 Å². The predicted octanol–water partition coefficient (Wildman–Crippen LogP) is 2.14. The van der Waals surface area contributed by atoms with Gasteiger partial charge in [-0.25, -0.2) is 8.42 Å². The molecule has 25 heavy (non-hydrogen) atoms. The highest BCUT2D eigenvalue weighted by atomic mass is 32.2. The van der Waals surface area contributed by atoms with E-state index < -0.39 is 15.9 Å². The van der Waals surface area contributed by atoms with E-state index in [1.54, 1.807) is 24.3 Å². The third-order valence-corrected chi connectivity index (χ3v) is 4.91. The molecular formula is C18H22N2O4S. The van der Waals surface area contributed by atoms with Crippen LogP contribution >= 0.6 is 0 Å². The van der Waals surface area contributed by atoms with E-state index in [1.807, 2.05) is 30.3 Å². The number of nitrogens with zero attached hydrogens (tertiary/aromatic N) is 1. The van der Waals surface area contributed by atoms with Gasteiger partial charge in [0.05, 0.1) is 25.6 Å². The third kappa shape index (κ3) is 5.88. The largest absolute Gasteiger partial charge is 0.495 e. The Labute approximate surface area is 148 Å². The number of sulfonamides is 1. The number of methoxy groups -OCH3 is 1. The zero-order valence-corrected chi connectivity index (χ0v) is 15.1. The highest BCUT2D eigenvalue weighted by Gasteiger charge is 2.20. The molecule has 2 rings (SSSR count). The van der Waals surface area contributed by atoms with Gasteiger partial charge in [0.1, 0.15) is 5.75 Å². The molecule has 0 bridgehead atoms. The summed E-state index contributed by atoms with van der Waals surface area (Å²) in [6, 6.07) is 16.5. The lowest BCUT2D eigenvalue weighted by atomic mass is 10.1. The van der Waals surface area contributed by atoms with E-state index in [1.165, 1.54) is 11.4 Å². The van der Waals surface area contributed by atoms with Crippen LogP contribution in [0.15, 0.2) is 54.6 Å². The Balaban J connectivity index is 2.02. The molecular weight excluding hydrogens is 340 g/mol. The fraction of sp³-hybridized carbons (Fsp3) is 0.278. The van der Waals surface area contributed by atoms with Crippen molar-refractivity contribution in [3.63, 3.8) is 0 Å². The van der Waals surface area contributed by atoms with E-state index in [4.69, 9.17) is 4.74 Å². The Morgan fingerprint density at radius 3 is 2.36 bits per heavy atom. The van der Waals surface area contributed by atoms with Crippen molar-refractivity contribution in [2.75, 3.05) is 31.8 Å². The van der Waals surface area contributed by atoms with Gasteiger partial charge in [-0.3, -0.25) is 4.79 Å². The van der Waals surface area contributed by atoms with Crippen molar-refractivity contribution < 1.29 is 17.9 Å². The molecule has 6 nitrogen and oxygen atoms in total. The van der Waals surface area contributed by atoms with E-state index in [0.717, 1.165) is 11.8 Å². The third-order valence-electron chi connectivity index (χ3n) is 3.66. The number of amides is 1. The van der Waals surface area contributed by atoms with Gasteiger partial charge in [0.2, 0.25) is 15.9 Å². The standard InChI is InChI=1S/C18H22N2O4S/c1-24-17-11-7-6-10-16(17)19-18(21)14-20(25(2,22)23)13-12-15-8-4-3-5-9-15/h3-11H,12-14H2,1-2H3,(H,19,21). The van der Waals surface area contributed by atoms with E-state index in [-0.39, 0.29) is 13.1 Å². The summed E-state index contributed by atoms with van der Waals surface area (Å²) in [5.41, 5.74) is 1.52. The number of nitrogens with one attached hydrogen (secondary N) is 1. The van der Waals surface area contributed by atoms with Crippen LogP contribution in [0, 0.1) is 0 Å². The topological polar surface area (TPSA) is 75.7 Å². The van der Waals surface area contributed by atoms with Crippen molar-refractivity contribution in [1.29, 1.82) is 0 Å². The summed E-state index contributed by atoms with van der Waals surface area (Å²) < 4.78 is 30.3. The van der Waals surface area contributed by atoms with Crippen molar-refractivity contribution in [3.8, 4) is 5.75 Å². The van der Waals surface area contributed by atoms with Crippen LogP contribution in [-0.4, -0.2) is 45.1 Å². The first-order valence-corrected chi connectivity index (χ1v) is 9.67. The van der Waals surface area contributed by atoms with Crippen LogP contribution in [0.25, 0.3) is 0 Å². The molecule has 0 atom stereocenters. The van der Waals surface area contributed by atoms with Crippen LogP contribution in [0.4, 0.5) is 5.69 Å². The van der Waals surface area contributed by atoms with E-state index >= 15 is 0 Å². The predicted molar refractivity (Wildman–Crippen MR) is 98.2 cm³/mol. The number of carbonyl (C=O) groups is 1. The number of ether oxygens (including phenoxy) is 1. The molecule has 0 aromatic heterocycles. The molecule has 134 valence electrons. The highest BCUT2D eigenvalue weighted by molar-refractivity contribution is 7.88. The van der Waals surface area contributed by atoms with Gasteiger partial charge in [-0.2, -0.15) is 4.31 Å². The monoisotopic (exact) mass is 362 g/mol. The van der Waals surface area contributed by atoms with Crippen molar-refractivity contribution >= 4 is 21.6 Å². The average Bonchev–Trinajstić information content (AvgIpc) is 2.59. The molecule has 0 radical (unpaired) electrons. The number of rotatable bonds is 8. The fourth-order valence-corrected chi connectivity index (χ4v) is 3.13. The number of benzene rings is 2. The summed E-state index contributed by atoms with van der Waals surface area (Å²) >= 11 is 0. The lowest BCUT2D eigenvalue weighted by Crippen LogP contribution is -2.38. The van der Waals surface area contributed by atoms with Crippen molar-refractivity contribution in [2.24, 2.45) is 0 Å². The average molecular weight is 362 g/mol. The molecule has 7 heteroatoms. The first-order chi connectivity index (χ1) is 11.9. The van der Waals surface area contributed by atoms with E-state index in [0.29, 0.717) is 17.9 Å². The minimum Gasteiger partial charge on any atom is -0.495 e. The Kier molecular flexibility index (Phi) is 6.55. The normalized spacial score (nSPS) is 11.3. The summed E-state index contributed by atoms with van der Waals surface area (Å²) in [7, 11) is -1.99. The second-order valence-electron chi connectivity index (χ2n) is 5.58. The second-order valence-corrected chi connectivity index (χ2v) is 7.56. The van der Waals surface area contributed by atoms with Gasteiger partial charge in [-0.1, -0.05) is 42.5 Å². The van der Waals surface area contributed by atoms with Gasteiger partial charge >= 0.3 is 0 Å².